The van der Waals surface area contributed by atoms with Gasteiger partial charge in [-0.25, -0.2) is 8.42 Å². The second kappa shape index (κ2) is 8.44. The van der Waals surface area contributed by atoms with Gasteiger partial charge >= 0.3 is 0 Å². The van der Waals surface area contributed by atoms with Gasteiger partial charge in [-0.3, -0.25) is 4.79 Å². The summed E-state index contributed by atoms with van der Waals surface area (Å²) >= 11 is 0. The molecule has 162 valence electrons. The van der Waals surface area contributed by atoms with E-state index in [1.165, 1.54) is 27.2 Å². The van der Waals surface area contributed by atoms with Crippen LogP contribution >= 0.6 is 0 Å². The molecule has 0 bridgehead atoms. The molecule has 0 aliphatic carbocycles. The third-order valence-corrected chi connectivity index (χ3v) is 6.94. The van der Waals surface area contributed by atoms with E-state index in [9.17, 15) is 13.2 Å². The lowest BCUT2D eigenvalue weighted by Gasteiger charge is -2.16. The zero-order valence-electron chi connectivity index (χ0n) is 17.0. The number of benzene rings is 1. The highest BCUT2D eigenvalue weighted by atomic mass is 32.2. The van der Waals surface area contributed by atoms with Crippen LogP contribution in [0.2, 0.25) is 0 Å². The number of aromatic nitrogens is 4. The molecule has 2 aromatic heterocycles. The van der Waals surface area contributed by atoms with Gasteiger partial charge in [0.05, 0.1) is 11.4 Å². The summed E-state index contributed by atoms with van der Waals surface area (Å²) in [4.78, 5) is 25.0. The van der Waals surface area contributed by atoms with Gasteiger partial charge in [-0.15, -0.1) is 0 Å². The smallest absolute Gasteiger partial charge is 0.251 e. The molecule has 0 spiro atoms. The minimum atomic E-state index is -3.65. The van der Waals surface area contributed by atoms with Gasteiger partial charge in [-0.05, 0) is 37.5 Å². The molecule has 31 heavy (non-hydrogen) atoms. The van der Waals surface area contributed by atoms with Crippen molar-refractivity contribution in [1.29, 1.82) is 0 Å². The lowest BCUT2D eigenvalue weighted by Crippen LogP contribution is -2.30. The Morgan fingerprint density at radius 2 is 1.81 bits per heavy atom. The van der Waals surface area contributed by atoms with Crippen molar-refractivity contribution in [1.82, 2.24) is 23.8 Å². The molecule has 1 aliphatic rings. The zero-order chi connectivity index (χ0) is 22.0. The molecule has 1 aromatic carbocycles. The van der Waals surface area contributed by atoms with Gasteiger partial charge < -0.3 is 15.6 Å². The van der Waals surface area contributed by atoms with Crippen molar-refractivity contribution in [2.75, 3.05) is 24.1 Å². The van der Waals surface area contributed by atoms with Gasteiger partial charge in [0.1, 0.15) is 0 Å². The molecule has 3 aromatic rings. The van der Waals surface area contributed by atoms with Crippen molar-refractivity contribution in [3.63, 3.8) is 0 Å². The standard InChI is InChI=1S/C20H23N7O3S/c1-14-6-2-3-7-16(14)22-20-24-17(23-19(21)25-20)13-26-12-15(8-9-18(26)28)31(29,30)27-10-4-5-11-27/h2-3,6-9,12H,4-5,10-11,13H2,1H3,(H3,21,22,23,24,25). The van der Waals surface area contributed by atoms with E-state index < -0.39 is 10.0 Å². The summed E-state index contributed by atoms with van der Waals surface area (Å²) in [6, 6.07) is 10.2. The van der Waals surface area contributed by atoms with Crippen LogP contribution in [0.25, 0.3) is 0 Å². The third kappa shape index (κ3) is 4.57. The lowest BCUT2D eigenvalue weighted by molar-refractivity contribution is 0.476. The average Bonchev–Trinajstić information content (AvgIpc) is 3.27. The Balaban J connectivity index is 1.63. The van der Waals surface area contributed by atoms with E-state index >= 15 is 0 Å². The predicted octanol–water partition coefficient (Wildman–Crippen LogP) is 1.50. The van der Waals surface area contributed by atoms with Gasteiger partial charge in [0.25, 0.3) is 5.56 Å². The highest BCUT2D eigenvalue weighted by Crippen LogP contribution is 2.20. The predicted molar refractivity (Wildman–Crippen MR) is 116 cm³/mol. The summed E-state index contributed by atoms with van der Waals surface area (Å²) in [6.45, 7) is 2.87. The number of hydrogen-bond donors (Lipinski definition) is 2. The first-order chi connectivity index (χ1) is 14.8. The Labute approximate surface area is 179 Å². The van der Waals surface area contributed by atoms with Crippen molar-refractivity contribution in [2.24, 2.45) is 0 Å². The number of nitrogens with one attached hydrogen (secondary N) is 1. The molecule has 0 atom stereocenters. The number of hydrogen-bond acceptors (Lipinski definition) is 8. The van der Waals surface area contributed by atoms with Crippen molar-refractivity contribution >= 4 is 27.6 Å². The van der Waals surface area contributed by atoms with E-state index in [1.807, 2.05) is 31.2 Å². The second-order valence-corrected chi connectivity index (χ2v) is 9.25. The van der Waals surface area contributed by atoms with E-state index in [0.717, 1.165) is 24.1 Å². The summed E-state index contributed by atoms with van der Waals surface area (Å²) < 4.78 is 28.4. The largest absolute Gasteiger partial charge is 0.368 e. The number of para-hydroxylation sites is 1. The summed E-state index contributed by atoms with van der Waals surface area (Å²) in [5, 5.41) is 3.09. The van der Waals surface area contributed by atoms with Gasteiger partial charge in [0.15, 0.2) is 5.82 Å². The maximum atomic E-state index is 12.8. The lowest BCUT2D eigenvalue weighted by atomic mass is 10.2. The van der Waals surface area contributed by atoms with Crippen molar-refractivity contribution in [3.05, 3.63) is 64.3 Å². The quantitative estimate of drug-likeness (QED) is 0.587. The topological polar surface area (TPSA) is 136 Å². The minimum Gasteiger partial charge on any atom is -0.368 e. The molecule has 0 radical (unpaired) electrons. The zero-order valence-corrected chi connectivity index (χ0v) is 17.8. The summed E-state index contributed by atoms with van der Waals surface area (Å²) in [6.07, 6.45) is 2.99. The summed E-state index contributed by atoms with van der Waals surface area (Å²) in [5.74, 6) is 0.474. The minimum absolute atomic E-state index is 0.00465. The van der Waals surface area contributed by atoms with Crippen molar-refractivity contribution in [2.45, 2.75) is 31.2 Å². The molecule has 0 amide bonds. The molecule has 10 nitrogen and oxygen atoms in total. The fraction of sp³-hybridized carbons (Fsp3) is 0.300. The maximum absolute atomic E-state index is 12.8. The molecule has 4 rings (SSSR count). The molecule has 1 saturated heterocycles. The monoisotopic (exact) mass is 441 g/mol. The van der Waals surface area contributed by atoms with Crippen LogP contribution in [0.4, 0.5) is 17.6 Å². The summed E-state index contributed by atoms with van der Waals surface area (Å²) in [7, 11) is -3.65. The number of sulfonamides is 1. The second-order valence-electron chi connectivity index (χ2n) is 7.32. The van der Waals surface area contributed by atoms with E-state index in [1.54, 1.807) is 0 Å². The first-order valence-electron chi connectivity index (χ1n) is 9.87. The molecule has 3 heterocycles. The number of rotatable bonds is 6. The fourth-order valence-corrected chi connectivity index (χ4v) is 4.95. The van der Waals surface area contributed by atoms with Gasteiger partial charge in [-0.1, -0.05) is 18.2 Å². The number of aryl methyl sites for hydroxylation is 1. The average molecular weight is 442 g/mol. The third-order valence-electron chi connectivity index (χ3n) is 5.06. The Bertz CT molecular complexity index is 1270. The van der Waals surface area contributed by atoms with Gasteiger partial charge in [0, 0.05) is 31.0 Å². The Morgan fingerprint density at radius 3 is 2.55 bits per heavy atom. The van der Waals surface area contributed by atoms with Crippen LogP contribution in [0.15, 0.2) is 52.3 Å². The SMILES string of the molecule is Cc1ccccc1Nc1nc(N)nc(Cn2cc(S(=O)(=O)N3CCCC3)ccc2=O)n1. The molecule has 3 N–H and O–H groups in total. The molecular weight excluding hydrogens is 418 g/mol. The Kier molecular flexibility index (Phi) is 5.70. The van der Waals surface area contributed by atoms with E-state index in [0.29, 0.717) is 13.1 Å². The molecular formula is C20H23N7O3S. The van der Waals surface area contributed by atoms with E-state index in [4.69, 9.17) is 5.73 Å². The highest BCUT2D eigenvalue weighted by Gasteiger charge is 2.27. The van der Waals surface area contributed by atoms with Crippen LogP contribution in [0.1, 0.15) is 24.2 Å². The Morgan fingerprint density at radius 1 is 1.06 bits per heavy atom. The fourth-order valence-electron chi connectivity index (χ4n) is 3.41. The molecule has 1 aliphatic heterocycles. The number of anilines is 3. The maximum Gasteiger partial charge on any atom is 0.251 e. The van der Waals surface area contributed by atoms with E-state index in [-0.39, 0.29) is 34.7 Å². The molecule has 1 fully saturated rings. The first kappa shape index (κ1) is 20.9. The van der Waals surface area contributed by atoms with Crippen molar-refractivity contribution in [3.8, 4) is 0 Å². The van der Waals surface area contributed by atoms with Crippen LogP contribution in [0.5, 0.6) is 0 Å². The number of nitrogen functional groups attached to an aromatic ring is 1. The van der Waals surface area contributed by atoms with Gasteiger partial charge in [0.2, 0.25) is 21.9 Å². The van der Waals surface area contributed by atoms with Gasteiger partial charge in [-0.2, -0.15) is 19.3 Å². The van der Waals surface area contributed by atoms with Crippen molar-refractivity contribution < 1.29 is 8.42 Å². The van der Waals surface area contributed by atoms with Crippen LogP contribution in [0.3, 0.4) is 0 Å². The van der Waals surface area contributed by atoms with E-state index in [2.05, 4.69) is 20.3 Å². The van der Waals surface area contributed by atoms with Crippen LogP contribution in [-0.4, -0.2) is 45.3 Å². The highest BCUT2D eigenvalue weighted by molar-refractivity contribution is 7.89. The molecule has 11 heteroatoms. The first-order valence-corrected chi connectivity index (χ1v) is 11.3. The molecule has 0 unspecified atom stereocenters. The normalized spacial score (nSPS) is 14.6. The van der Waals surface area contributed by atoms with Crippen LogP contribution in [0, 0.1) is 6.92 Å². The van der Waals surface area contributed by atoms with Crippen LogP contribution < -0.4 is 16.6 Å². The molecule has 0 saturated carbocycles. The number of nitrogens with zero attached hydrogens (tertiary/aromatic N) is 5. The summed E-state index contributed by atoms with van der Waals surface area (Å²) in [5.41, 5.74) is 7.28. The van der Waals surface area contributed by atoms with Crippen LogP contribution in [-0.2, 0) is 16.6 Å². The number of pyridine rings is 1. The Hall–Kier alpha value is -3.31. The number of nitrogens with two attached hydrogens (primary N) is 1.